The molecule has 4 nitrogen and oxygen atoms in total. The average molecular weight is 304 g/mol. The van der Waals surface area contributed by atoms with Crippen molar-refractivity contribution in [2.45, 2.75) is 10.1 Å². The second-order valence-electron chi connectivity index (χ2n) is 2.44. The lowest BCUT2D eigenvalue weighted by molar-refractivity contribution is 1.01. The molecule has 0 aliphatic carbocycles. The van der Waals surface area contributed by atoms with Crippen molar-refractivity contribution in [2.24, 2.45) is 0 Å². The molecule has 0 saturated heterocycles. The molecule has 0 saturated carbocycles. The predicted octanol–water partition coefficient (Wildman–Crippen LogP) is 2.83. The van der Waals surface area contributed by atoms with Gasteiger partial charge < -0.3 is 0 Å². The molecular weight excluding hydrogens is 300 g/mol. The SMILES string of the molecule is Clc1ncc(Br)c(Sc2cnccn2)n1. The fourth-order valence-electron chi connectivity index (χ4n) is 0.840. The van der Waals surface area contributed by atoms with Crippen LogP contribution < -0.4 is 0 Å². The van der Waals surface area contributed by atoms with E-state index in [0.29, 0.717) is 0 Å². The van der Waals surface area contributed by atoms with E-state index in [9.17, 15) is 0 Å². The Kier molecular flexibility index (Phi) is 3.50. The van der Waals surface area contributed by atoms with E-state index < -0.39 is 0 Å². The lowest BCUT2D eigenvalue weighted by atomic mass is 10.7. The van der Waals surface area contributed by atoms with Gasteiger partial charge in [0.2, 0.25) is 5.28 Å². The van der Waals surface area contributed by atoms with Crippen LogP contribution >= 0.6 is 39.3 Å². The van der Waals surface area contributed by atoms with Crippen molar-refractivity contribution >= 4 is 39.3 Å². The Labute approximate surface area is 104 Å². The van der Waals surface area contributed by atoms with E-state index in [4.69, 9.17) is 11.6 Å². The Morgan fingerprint density at radius 1 is 1.20 bits per heavy atom. The molecule has 0 radical (unpaired) electrons. The fourth-order valence-corrected chi connectivity index (χ4v) is 2.16. The van der Waals surface area contributed by atoms with Crippen molar-refractivity contribution < 1.29 is 0 Å². The van der Waals surface area contributed by atoms with E-state index in [1.165, 1.54) is 11.8 Å². The maximum absolute atomic E-state index is 5.69. The molecule has 2 heterocycles. The van der Waals surface area contributed by atoms with Gasteiger partial charge in [-0.1, -0.05) is 0 Å². The van der Waals surface area contributed by atoms with Crippen LogP contribution in [-0.2, 0) is 0 Å². The van der Waals surface area contributed by atoms with Crippen LogP contribution in [0.25, 0.3) is 0 Å². The van der Waals surface area contributed by atoms with Crippen LogP contribution in [0.1, 0.15) is 0 Å². The van der Waals surface area contributed by atoms with E-state index in [0.717, 1.165) is 14.5 Å². The number of nitrogens with zero attached hydrogens (tertiary/aromatic N) is 4. The minimum Gasteiger partial charge on any atom is -0.260 e. The summed E-state index contributed by atoms with van der Waals surface area (Å²) in [5.41, 5.74) is 0. The summed E-state index contributed by atoms with van der Waals surface area (Å²) in [4.78, 5) is 16.0. The Balaban J connectivity index is 2.28. The van der Waals surface area contributed by atoms with Crippen molar-refractivity contribution in [1.82, 2.24) is 19.9 Å². The smallest absolute Gasteiger partial charge is 0.223 e. The highest BCUT2D eigenvalue weighted by atomic mass is 79.9. The first-order chi connectivity index (χ1) is 7.25. The van der Waals surface area contributed by atoms with Crippen LogP contribution in [0.3, 0.4) is 0 Å². The summed E-state index contributed by atoms with van der Waals surface area (Å²) in [6.07, 6.45) is 6.51. The van der Waals surface area contributed by atoms with Crippen LogP contribution in [0.2, 0.25) is 5.28 Å². The van der Waals surface area contributed by atoms with Gasteiger partial charge in [-0.2, -0.15) is 0 Å². The third-order valence-corrected chi connectivity index (χ3v) is 3.37. The van der Waals surface area contributed by atoms with Crippen molar-refractivity contribution in [1.29, 1.82) is 0 Å². The molecule has 2 rings (SSSR count). The van der Waals surface area contributed by atoms with Crippen molar-refractivity contribution in [3.8, 4) is 0 Å². The summed E-state index contributed by atoms with van der Waals surface area (Å²) >= 11 is 10.4. The summed E-state index contributed by atoms with van der Waals surface area (Å²) in [6, 6.07) is 0. The number of halogens is 2. The molecule has 0 fully saturated rings. The maximum atomic E-state index is 5.69. The van der Waals surface area contributed by atoms with Crippen molar-refractivity contribution in [3.05, 3.63) is 34.5 Å². The average Bonchev–Trinajstić information content (AvgIpc) is 2.25. The molecule has 0 spiro atoms. The first kappa shape index (κ1) is 10.8. The third kappa shape index (κ3) is 2.87. The van der Waals surface area contributed by atoms with Crippen molar-refractivity contribution in [3.63, 3.8) is 0 Å². The predicted molar refractivity (Wildman–Crippen MR) is 60.9 cm³/mol. The Morgan fingerprint density at radius 2 is 2.07 bits per heavy atom. The first-order valence-corrected chi connectivity index (χ1v) is 5.86. The minimum atomic E-state index is 0.213. The lowest BCUT2D eigenvalue weighted by Crippen LogP contribution is -1.88. The van der Waals surface area contributed by atoms with Crippen molar-refractivity contribution in [2.75, 3.05) is 0 Å². The van der Waals surface area contributed by atoms with Gasteiger partial charge in [-0.05, 0) is 39.3 Å². The molecule has 15 heavy (non-hydrogen) atoms. The van der Waals surface area contributed by atoms with E-state index >= 15 is 0 Å². The molecule has 2 aromatic heterocycles. The lowest BCUT2D eigenvalue weighted by Gasteiger charge is -2.01. The van der Waals surface area contributed by atoms with Gasteiger partial charge in [-0.3, -0.25) is 4.98 Å². The normalized spacial score (nSPS) is 10.3. The first-order valence-electron chi connectivity index (χ1n) is 3.87. The molecule has 0 aliphatic rings. The van der Waals surface area contributed by atoms with Gasteiger partial charge in [0.1, 0.15) is 10.1 Å². The summed E-state index contributed by atoms with van der Waals surface area (Å²) in [6.45, 7) is 0. The molecule has 2 aromatic rings. The molecule has 0 atom stereocenters. The minimum absolute atomic E-state index is 0.213. The fraction of sp³-hybridized carbons (Fsp3) is 0. The molecule has 0 N–H and O–H groups in total. The van der Waals surface area contributed by atoms with E-state index in [-0.39, 0.29) is 5.28 Å². The Morgan fingerprint density at radius 3 is 2.80 bits per heavy atom. The highest BCUT2D eigenvalue weighted by Gasteiger charge is 2.06. The summed E-state index contributed by atoms with van der Waals surface area (Å²) in [5, 5.41) is 1.69. The van der Waals surface area contributed by atoms with Gasteiger partial charge in [0.15, 0.2) is 0 Å². The van der Waals surface area contributed by atoms with E-state index in [1.807, 2.05) is 0 Å². The molecule has 0 aromatic carbocycles. The van der Waals surface area contributed by atoms with Crippen LogP contribution in [0.4, 0.5) is 0 Å². The van der Waals surface area contributed by atoms with Gasteiger partial charge in [-0.15, -0.1) is 0 Å². The van der Waals surface area contributed by atoms with Crippen LogP contribution in [0.15, 0.2) is 39.3 Å². The number of aromatic nitrogens is 4. The second-order valence-corrected chi connectivity index (χ2v) is 4.64. The zero-order chi connectivity index (χ0) is 10.7. The topological polar surface area (TPSA) is 51.6 Å². The van der Waals surface area contributed by atoms with E-state index in [2.05, 4.69) is 35.9 Å². The van der Waals surface area contributed by atoms with Gasteiger partial charge in [0.25, 0.3) is 0 Å². The zero-order valence-corrected chi connectivity index (χ0v) is 10.4. The highest BCUT2D eigenvalue weighted by Crippen LogP contribution is 2.30. The highest BCUT2D eigenvalue weighted by molar-refractivity contribution is 9.10. The molecule has 0 unspecified atom stereocenters. The van der Waals surface area contributed by atoms with Gasteiger partial charge >= 0.3 is 0 Å². The van der Waals surface area contributed by atoms with E-state index in [1.54, 1.807) is 24.8 Å². The second kappa shape index (κ2) is 4.87. The number of rotatable bonds is 2. The van der Waals surface area contributed by atoms with Gasteiger partial charge in [0.05, 0.1) is 10.7 Å². The molecule has 0 aliphatic heterocycles. The van der Waals surface area contributed by atoms with Crippen LogP contribution in [0.5, 0.6) is 0 Å². The Hall–Kier alpha value is -0.720. The monoisotopic (exact) mass is 302 g/mol. The molecule has 0 bridgehead atoms. The van der Waals surface area contributed by atoms with Crippen LogP contribution in [-0.4, -0.2) is 19.9 Å². The molecule has 76 valence electrons. The molecule has 7 heteroatoms. The number of hydrogen-bond donors (Lipinski definition) is 0. The molecule has 0 amide bonds. The number of hydrogen-bond acceptors (Lipinski definition) is 5. The summed E-state index contributed by atoms with van der Waals surface area (Å²) < 4.78 is 0.780. The maximum Gasteiger partial charge on any atom is 0.223 e. The van der Waals surface area contributed by atoms with Crippen LogP contribution in [0, 0.1) is 0 Å². The standard InChI is InChI=1S/C8H4BrClN4S/c9-5-3-13-8(10)14-7(5)15-6-4-11-1-2-12-6/h1-4H. The largest absolute Gasteiger partial charge is 0.260 e. The molecular formula is C8H4BrClN4S. The van der Waals surface area contributed by atoms with Gasteiger partial charge in [0, 0.05) is 18.6 Å². The summed E-state index contributed by atoms with van der Waals surface area (Å²) in [5.74, 6) is 0. The van der Waals surface area contributed by atoms with Gasteiger partial charge in [-0.25, -0.2) is 15.0 Å². The quantitative estimate of drug-likeness (QED) is 0.631. The Bertz CT molecular complexity index is 467. The zero-order valence-electron chi connectivity index (χ0n) is 7.26. The third-order valence-electron chi connectivity index (χ3n) is 1.42. The summed E-state index contributed by atoms with van der Waals surface area (Å²) in [7, 11) is 0.